The molecule has 0 bridgehead atoms. The molecule has 0 spiro atoms. The first kappa shape index (κ1) is 16.1. The van der Waals surface area contributed by atoms with Crippen molar-refractivity contribution in [2.45, 2.75) is 18.6 Å². The molecular weight excluding hydrogens is 316 g/mol. The van der Waals surface area contributed by atoms with Crippen LogP contribution in [0.3, 0.4) is 0 Å². The molecule has 2 aromatic carbocycles. The molecule has 1 aliphatic rings. The topological polar surface area (TPSA) is 47.9 Å². The molecule has 0 radical (unpaired) electrons. The SMILES string of the molecule is COc1cc2c(cc1OC)C(c1cccc(Cl)c1)OC(CO)C2. The maximum absolute atomic E-state index is 9.56. The molecule has 4 nitrogen and oxygen atoms in total. The Kier molecular flexibility index (Phi) is 4.76. The predicted octanol–water partition coefficient (Wildman–Crippen LogP) is 3.38. The molecular formula is C18H19ClO4. The van der Waals surface area contributed by atoms with E-state index in [-0.39, 0.29) is 18.8 Å². The Morgan fingerprint density at radius 2 is 1.91 bits per heavy atom. The minimum atomic E-state index is -0.297. The second-order valence-corrected chi connectivity index (χ2v) is 5.92. The highest BCUT2D eigenvalue weighted by Gasteiger charge is 2.30. The zero-order valence-electron chi connectivity index (χ0n) is 13.1. The van der Waals surface area contributed by atoms with Gasteiger partial charge in [-0.2, -0.15) is 0 Å². The van der Waals surface area contributed by atoms with E-state index < -0.39 is 0 Å². The standard InChI is InChI=1S/C18H19ClO4/c1-21-16-8-12-7-14(10-20)23-18(15(12)9-17(16)22-2)11-4-3-5-13(19)6-11/h3-6,8-9,14,18,20H,7,10H2,1-2H3. The quantitative estimate of drug-likeness (QED) is 0.931. The van der Waals surface area contributed by atoms with Crippen molar-refractivity contribution >= 4 is 11.6 Å². The summed E-state index contributed by atoms with van der Waals surface area (Å²) in [5.41, 5.74) is 3.04. The van der Waals surface area contributed by atoms with Gasteiger partial charge in [-0.25, -0.2) is 0 Å². The Balaban J connectivity index is 2.11. The first-order chi connectivity index (χ1) is 11.2. The van der Waals surface area contributed by atoms with Gasteiger partial charge in [0.1, 0.15) is 6.10 Å². The van der Waals surface area contributed by atoms with Gasteiger partial charge in [-0.15, -0.1) is 0 Å². The van der Waals surface area contributed by atoms with Gasteiger partial charge in [0, 0.05) is 11.4 Å². The van der Waals surface area contributed by atoms with E-state index in [2.05, 4.69) is 0 Å². The molecule has 122 valence electrons. The fraction of sp³-hybridized carbons (Fsp3) is 0.333. The summed E-state index contributed by atoms with van der Waals surface area (Å²) in [6.07, 6.45) is 0.0717. The number of ether oxygens (including phenoxy) is 3. The van der Waals surface area contributed by atoms with Crippen molar-refractivity contribution in [3.05, 3.63) is 58.1 Å². The molecule has 0 saturated heterocycles. The third-order valence-electron chi connectivity index (χ3n) is 4.06. The molecule has 0 aliphatic carbocycles. The van der Waals surface area contributed by atoms with Crippen molar-refractivity contribution in [2.24, 2.45) is 0 Å². The molecule has 0 saturated carbocycles. The zero-order valence-corrected chi connectivity index (χ0v) is 13.8. The Bertz CT molecular complexity index is 701. The van der Waals surface area contributed by atoms with Crippen LogP contribution in [0.25, 0.3) is 0 Å². The number of fused-ring (bicyclic) bond motifs is 1. The van der Waals surface area contributed by atoms with Crippen LogP contribution < -0.4 is 9.47 Å². The summed E-state index contributed by atoms with van der Waals surface area (Å²) in [4.78, 5) is 0. The van der Waals surface area contributed by atoms with Crippen molar-refractivity contribution in [1.82, 2.24) is 0 Å². The van der Waals surface area contributed by atoms with Crippen molar-refractivity contribution in [1.29, 1.82) is 0 Å². The summed E-state index contributed by atoms with van der Waals surface area (Å²) >= 11 is 6.12. The van der Waals surface area contributed by atoms with Gasteiger partial charge >= 0.3 is 0 Å². The molecule has 2 unspecified atom stereocenters. The van der Waals surface area contributed by atoms with Gasteiger partial charge in [0.15, 0.2) is 11.5 Å². The van der Waals surface area contributed by atoms with Crippen LogP contribution in [0.15, 0.2) is 36.4 Å². The molecule has 1 aliphatic heterocycles. The van der Waals surface area contributed by atoms with E-state index in [1.807, 2.05) is 36.4 Å². The Labute approximate surface area is 140 Å². The number of halogens is 1. The molecule has 0 amide bonds. The number of hydrogen-bond acceptors (Lipinski definition) is 4. The third kappa shape index (κ3) is 3.15. The third-order valence-corrected chi connectivity index (χ3v) is 4.29. The van der Waals surface area contributed by atoms with E-state index in [1.54, 1.807) is 14.2 Å². The fourth-order valence-electron chi connectivity index (χ4n) is 2.95. The lowest BCUT2D eigenvalue weighted by molar-refractivity contribution is -0.0332. The number of methoxy groups -OCH3 is 2. The molecule has 23 heavy (non-hydrogen) atoms. The van der Waals surface area contributed by atoms with E-state index in [4.69, 9.17) is 25.8 Å². The number of hydrogen-bond donors (Lipinski definition) is 1. The highest BCUT2D eigenvalue weighted by Crippen LogP contribution is 2.41. The van der Waals surface area contributed by atoms with Gasteiger partial charge in [-0.3, -0.25) is 0 Å². The van der Waals surface area contributed by atoms with Gasteiger partial charge in [-0.05, 0) is 41.0 Å². The zero-order chi connectivity index (χ0) is 16.4. The Morgan fingerprint density at radius 3 is 2.57 bits per heavy atom. The first-order valence-electron chi connectivity index (χ1n) is 7.42. The Hall–Kier alpha value is -1.75. The maximum atomic E-state index is 9.56. The lowest BCUT2D eigenvalue weighted by Crippen LogP contribution is -2.29. The molecule has 1 N–H and O–H groups in total. The van der Waals surface area contributed by atoms with E-state index in [0.29, 0.717) is 22.9 Å². The van der Waals surface area contributed by atoms with E-state index >= 15 is 0 Å². The van der Waals surface area contributed by atoms with Gasteiger partial charge in [-0.1, -0.05) is 23.7 Å². The minimum absolute atomic E-state index is 0.0369. The molecule has 5 heteroatoms. The Morgan fingerprint density at radius 1 is 1.17 bits per heavy atom. The smallest absolute Gasteiger partial charge is 0.161 e. The van der Waals surface area contributed by atoms with Gasteiger partial charge in [0.05, 0.1) is 26.9 Å². The summed E-state index contributed by atoms with van der Waals surface area (Å²) in [6, 6.07) is 11.5. The van der Waals surface area contributed by atoms with E-state index in [1.165, 1.54) is 0 Å². The van der Waals surface area contributed by atoms with Crippen LogP contribution in [0.4, 0.5) is 0 Å². The molecule has 3 rings (SSSR count). The highest BCUT2D eigenvalue weighted by atomic mass is 35.5. The molecule has 2 atom stereocenters. The summed E-state index contributed by atoms with van der Waals surface area (Å²) in [5.74, 6) is 1.33. The predicted molar refractivity (Wildman–Crippen MR) is 88.5 cm³/mol. The molecule has 2 aromatic rings. The van der Waals surface area contributed by atoms with Crippen molar-refractivity contribution < 1.29 is 19.3 Å². The fourth-order valence-corrected chi connectivity index (χ4v) is 3.15. The van der Waals surface area contributed by atoms with Crippen LogP contribution in [0.2, 0.25) is 5.02 Å². The van der Waals surface area contributed by atoms with Crippen LogP contribution in [0.5, 0.6) is 11.5 Å². The molecule has 0 aromatic heterocycles. The number of rotatable bonds is 4. The average Bonchev–Trinajstić information content (AvgIpc) is 2.59. The summed E-state index contributed by atoms with van der Waals surface area (Å²) in [7, 11) is 3.22. The van der Waals surface area contributed by atoms with Crippen LogP contribution in [0, 0.1) is 0 Å². The maximum Gasteiger partial charge on any atom is 0.161 e. The summed E-state index contributed by atoms with van der Waals surface area (Å²) in [5, 5.41) is 10.2. The van der Waals surface area contributed by atoms with Crippen LogP contribution in [-0.4, -0.2) is 32.0 Å². The summed E-state index contributed by atoms with van der Waals surface area (Å²) < 4.78 is 16.9. The van der Waals surface area contributed by atoms with Crippen molar-refractivity contribution in [2.75, 3.05) is 20.8 Å². The van der Waals surface area contributed by atoms with Crippen LogP contribution in [0.1, 0.15) is 22.8 Å². The van der Waals surface area contributed by atoms with Crippen molar-refractivity contribution in [3.63, 3.8) is 0 Å². The molecule has 1 heterocycles. The number of benzene rings is 2. The normalized spacial score (nSPS) is 20.0. The second-order valence-electron chi connectivity index (χ2n) is 5.49. The number of aliphatic hydroxyl groups is 1. The minimum Gasteiger partial charge on any atom is -0.493 e. The molecule has 0 fully saturated rings. The lowest BCUT2D eigenvalue weighted by atomic mass is 9.90. The summed E-state index contributed by atoms with van der Waals surface area (Å²) in [6.45, 7) is -0.0369. The van der Waals surface area contributed by atoms with Gasteiger partial charge < -0.3 is 19.3 Å². The van der Waals surface area contributed by atoms with Gasteiger partial charge in [0.2, 0.25) is 0 Å². The average molecular weight is 335 g/mol. The van der Waals surface area contributed by atoms with Crippen molar-refractivity contribution in [3.8, 4) is 11.5 Å². The lowest BCUT2D eigenvalue weighted by Gasteiger charge is -2.32. The number of aliphatic hydroxyl groups excluding tert-OH is 1. The van der Waals surface area contributed by atoms with Crippen LogP contribution in [-0.2, 0) is 11.2 Å². The highest BCUT2D eigenvalue weighted by molar-refractivity contribution is 6.30. The monoisotopic (exact) mass is 334 g/mol. The van der Waals surface area contributed by atoms with E-state index in [0.717, 1.165) is 16.7 Å². The second kappa shape index (κ2) is 6.79. The largest absolute Gasteiger partial charge is 0.493 e. The van der Waals surface area contributed by atoms with E-state index in [9.17, 15) is 5.11 Å². The first-order valence-corrected chi connectivity index (χ1v) is 7.80. The van der Waals surface area contributed by atoms with Gasteiger partial charge in [0.25, 0.3) is 0 Å². The van der Waals surface area contributed by atoms with Crippen LogP contribution >= 0.6 is 11.6 Å².